The molecule has 0 aliphatic heterocycles. The van der Waals surface area contributed by atoms with Gasteiger partial charge in [0.05, 0.1) is 5.75 Å². The Labute approximate surface area is 66.4 Å². The van der Waals surface area contributed by atoms with Gasteiger partial charge in [-0.25, -0.2) is 8.42 Å². The molecule has 0 aromatic rings. The quantitative estimate of drug-likeness (QED) is 0.624. The van der Waals surface area contributed by atoms with Crippen LogP contribution in [0.4, 0.5) is 0 Å². The van der Waals surface area contributed by atoms with Gasteiger partial charge in [-0.1, -0.05) is 13.8 Å². The van der Waals surface area contributed by atoms with E-state index in [0.717, 1.165) is 0 Å². The molecule has 0 bridgehead atoms. The first-order valence-corrected chi connectivity index (χ1v) is 4.82. The molecule has 0 unspecified atom stereocenters. The maximum absolute atomic E-state index is 10.2. The highest BCUT2D eigenvalue weighted by Gasteiger charge is 2.06. The molecule has 0 N–H and O–H groups in total. The van der Waals surface area contributed by atoms with Gasteiger partial charge in [0.1, 0.15) is 0 Å². The van der Waals surface area contributed by atoms with Crippen molar-refractivity contribution in [1.82, 2.24) is 0 Å². The average Bonchev–Trinajstić information content (AvgIpc) is 1.21. The normalized spacial score (nSPS) is 11.1. The van der Waals surface area contributed by atoms with Crippen LogP contribution in [0.5, 0.6) is 0 Å². The molecule has 0 saturated heterocycles. The van der Waals surface area contributed by atoms with Gasteiger partial charge in [-0.2, -0.15) is 0 Å². The van der Waals surface area contributed by atoms with Crippen molar-refractivity contribution in [1.29, 1.82) is 0 Å². The average molecular weight is 193 g/mol. The molecule has 0 radical (unpaired) electrons. The van der Waals surface area contributed by atoms with Crippen molar-refractivity contribution < 1.29 is 8.42 Å². The van der Waals surface area contributed by atoms with Gasteiger partial charge in [-0.05, 0) is 5.92 Å². The third kappa shape index (κ3) is 11.9. The predicted octanol–water partition coefficient (Wildman–Crippen LogP) is 1.63. The Morgan fingerprint density at radius 3 is 1.78 bits per heavy atom. The Morgan fingerprint density at radius 2 is 1.78 bits per heavy atom. The zero-order chi connectivity index (χ0) is 6.78. The van der Waals surface area contributed by atoms with Crippen molar-refractivity contribution in [2.75, 3.05) is 5.75 Å². The van der Waals surface area contributed by atoms with Crippen LogP contribution in [0, 0.1) is 5.92 Å². The maximum Gasteiger partial charge on any atom is 0.232 e. The molecule has 0 fully saturated rings. The summed E-state index contributed by atoms with van der Waals surface area (Å²) in [5.74, 6) is 0.187. The Hall–Kier alpha value is 0.530. The second-order valence-corrected chi connectivity index (χ2v) is 4.92. The molecule has 58 valence electrons. The second-order valence-electron chi connectivity index (χ2n) is 2.10. The van der Waals surface area contributed by atoms with Gasteiger partial charge in [0.2, 0.25) is 9.05 Å². The molecule has 0 aliphatic carbocycles. The lowest BCUT2D eigenvalue weighted by Crippen LogP contribution is -2.03. The largest absolute Gasteiger partial charge is 0.232 e. The van der Waals surface area contributed by atoms with Crippen molar-refractivity contribution >= 4 is 32.1 Å². The summed E-state index contributed by atoms with van der Waals surface area (Å²) in [6, 6.07) is 0. The minimum atomic E-state index is -3.25. The number of halogens is 2. The monoisotopic (exact) mass is 192 g/mol. The van der Waals surface area contributed by atoms with Crippen LogP contribution >= 0.6 is 23.1 Å². The van der Waals surface area contributed by atoms with Crippen LogP contribution in [0.2, 0.25) is 0 Å². The zero-order valence-corrected chi connectivity index (χ0v) is 7.68. The molecule has 0 atom stereocenters. The van der Waals surface area contributed by atoms with Crippen molar-refractivity contribution in [3.63, 3.8) is 0 Å². The van der Waals surface area contributed by atoms with E-state index in [1.165, 1.54) is 0 Å². The van der Waals surface area contributed by atoms with Gasteiger partial charge < -0.3 is 0 Å². The fourth-order valence-electron chi connectivity index (χ4n) is 0.398. The lowest BCUT2D eigenvalue weighted by molar-refractivity contribution is 0.596. The molecule has 0 heterocycles. The molecule has 5 heteroatoms. The summed E-state index contributed by atoms with van der Waals surface area (Å²) in [7, 11) is 1.65. The smallest absolute Gasteiger partial charge is 0.212 e. The van der Waals surface area contributed by atoms with Crippen molar-refractivity contribution in [2.45, 2.75) is 13.8 Å². The van der Waals surface area contributed by atoms with Crippen LogP contribution in [-0.2, 0) is 9.05 Å². The molecule has 9 heavy (non-hydrogen) atoms. The van der Waals surface area contributed by atoms with Gasteiger partial charge in [0.25, 0.3) is 0 Å². The van der Waals surface area contributed by atoms with Crippen LogP contribution < -0.4 is 0 Å². The molecule has 2 nitrogen and oxygen atoms in total. The van der Waals surface area contributed by atoms with Gasteiger partial charge >= 0.3 is 0 Å². The molecular formula is C4H10Cl2O2S. The first kappa shape index (κ1) is 12.2. The molecule has 0 amide bonds. The van der Waals surface area contributed by atoms with Crippen LogP contribution in [-0.4, -0.2) is 14.2 Å². The van der Waals surface area contributed by atoms with E-state index in [4.69, 9.17) is 10.7 Å². The van der Waals surface area contributed by atoms with Crippen LogP contribution in [0.3, 0.4) is 0 Å². The Morgan fingerprint density at radius 1 is 1.44 bits per heavy atom. The number of rotatable bonds is 2. The topological polar surface area (TPSA) is 34.1 Å². The second kappa shape index (κ2) is 4.36. The van der Waals surface area contributed by atoms with E-state index < -0.39 is 9.05 Å². The molecule has 0 spiro atoms. The van der Waals surface area contributed by atoms with E-state index in [2.05, 4.69) is 0 Å². The summed E-state index contributed by atoms with van der Waals surface area (Å²) in [6.07, 6.45) is 0. The predicted molar refractivity (Wildman–Crippen MR) is 41.7 cm³/mol. The highest BCUT2D eigenvalue weighted by molar-refractivity contribution is 8.13. The van der Waals surface area contributed by atoms with E-state index in [1.54, 1.807) is 13.8 Å². The SMILES string of the molecule is CC(C)CS(=O)(=O)Cl.Cl. The summed E-state index contributed by atoms with van der Waals surface area (Å²) < 4.78 is 20.4. The summed E-state index contributed by atoms with van der Waals surface area (Å²) in [4.78, 5) is 0. The molecule has 0 aromatic heterocycles. The number of hydrogen-bond acceptors (Lipinski definition) is 2. The summed E-state index contributed by atoms with van der Waals surface area (Å²) in [5, 5.41) is 0. The lowest BCUT2D eigenvalue weighted by Gasteiger charge is -1.96. The van der Waals surface area contributed by atoms with Crippen LogP contribution in [0.1, 0.15) is 13.8 Å². The summed E-state index contributed by atoms with van der Waals surface area (Å²) >= 11 is 0. The Balaban J connectivity index is 0. The van der Waals surface area contributed by atoms with E-state index in [1.807, 2.05) is 0 Å². The van der Waals surface area contributed by atoms with E-state index >= 15 is 0 Å². The van der Waals surface area contributed by atoms with Crippen LogP contribution in [0.25, 0.3) is 0 Å². The molecule has 0 rings (SSSR count). The van der Waals surface area contributed by atoms with Crippen molar-refractivity contribution in [2.24, 2.45) is 5.92 Å². The van der Waals surface area contributed by atoms with Gasteiger partial charge in [0, 0.05) is 10.7 Å². The van der Waals surface area contributed by atoms with Crippen molar-refractivity contribution in [3.05, 3.63) is 0 Å². The first-order valence-electron chi connectivity index (χ1n) is 2.34. The number of hydrogen-bond donors (Lipinski definition) is 0. The van der Waals surface area contributed by atoms with Gasteiger partial charge in [-0.15, -0.1) is 12.4 Å². The summed E-state index contributed by atoms with van der Waals surface area (Å²) in [6.45, 7) is 3.61. The van der Waals surface area contributed by atoms with Crippen molar-refractivity contribution in [3.8, 4) is 0 Å². The third-order valence-corrected chi connectivity index (χ3v) is 1.98. The van der Waals surface area contributed by atoms with Crippen LogP contribution in [0.15, 0.2) is 0 Å². The minimum Gasteiger partial charge on any atom is -0.212 e. The minimum absolute atomic E-state index is 0. The highest BCUT2D eigenvalue weighted by Crippen LogP contribution is 2.03. The van der Waals surface area contributed by atoms with Gasteiger partial charge in [-0.3, -0.25) is 0 Å². The molecule has 0 aliphatic rings. The standard InChI is InChI=1S/C4H9ClO2S.ClH/c1-4(2)3-8(5,6)7;/h4H,3H2,1-2H3;1H. The fraction of sp³-hybridized carbons (Fsp3) is 1.00. The zero-order valence-electron chi connectivity index (χ0n) is 5.30. The van der Waals surface area contributed by atoms with Gasteiger partial charge in [0.15, 0.2) is 0 Å². The fourth-order valence-corrected chi connectivity index (χ4v) is 1.95. The van der Waals surface area contributed by atoms with E-state index in [9.17, 15) is 8.42 Å². The summed E-state index contributed by atoms with van der Waals surface area (Å²) in [5.41, 5.74) is 0. The lowest BCUT2D eigenvalue weighted by atomic mass is 10.3. The third-order valence-electron chi connectivity index (χ3n) is 0.532. The molecule has 0 saturated carbocycles. The Bertz CT molecular complexity index is 150. The highest BCUT2D eigenvalue weighted by atomic mass is 35.7. The molecular weight excluding hydrogens is 183 g/mol. The van der Waals surface area contributed by atoms with E-state index in [0.29, 0.717) is 0 Å². The maximum atomic E-state index is 10.2. The van der Waals surface area contributed by atoms with E-state index in [-0.39, 0.29) is 24.1 Å². The first-order chi connectivity index (χ1) is 3.42. The molecule has 0 aromatic carbocycles. The Kier molecular flexibility index (Phi) is 5.93.